The molecule has 0 saturated heterocycles. The smallest absolute Gasteiger partial charge is 0.251 e. The minimum absolute atomic E-state index is 0.0792. The molecule has 0 radical (unpaired) electrons. The van der Waals surface area contributed by atoms with Crippen LogP contribution < -0.4 is 5.32 Å². The predicted octanol–water partition coefficient (Wildman–Crippen LogP) is 1.06. The number of aryl methyl sites for hydroxylation is 1. The second-order valence-electron chi connectivity index (χ2n) is 3.71. The Labute approximate surface area is 98.7 Å². The first kappa shape index (κ1) is 11.2. The average molecular weight is 231 g/mol. The highest BCUT2D eigenvalue weighted by atomic mass is 16.3. The Bertz CT molecular complexity index is 534. The largest absolute Gasteiger partial charge is 0.508 e. The first-order valence-corrected chi connectivity index (χ1v) is 5.21. The maximum absolute atomic E-state index is 11.7. The van der Waals surface area contributed by atoms with Gasteiger partial charge in [0.25, 0.3) is 5.91 Å². The highest BCUT2D eigenvalue weighted by Crippen LogP contribution is 2.10. The number of aromatic nitrogens is 2. The van der Waals surface area contributed by atoms with Crippen LogP contribution in [0.25, 0.3) is 0 Å². The fourth-order valence-corrected chi connectivity index (χ4v) is 1.48. The first-order valence-electron chi connectivity index (χ1n) is 5.21. The van der Waals surface area contributed by atoms with Crippen molar-refractivity contribution >= 4 is 5.91 Å². The van der Waals surface area contributed by atoms with Crippen LogP contribution in [0.4, 0.5) is 0 Å². The molecular formula is C12H13N3O2. The summed E-state index contributed by atoms with van der Waals surface area (Å²) in [6.07, 6.45) is 1.82. The van der Waals surface area contributed by atoms with Crippen molar-refractivity contribution in [1.82, 2.24) is 15.1 Å². The third kappa shape index (κ3) is 2.84. The van der Waals surface area contributed by atoms with E-state index in [-0.39, 0.29) is 11.7 Å². The lowest BCUT2D eigenvalue weighted by molar-refractivity contribution is 0.0950. The lowest BCUT2D eigenvalue weighted by atomic mass is 10.2. The van der Waals surface area contributed by atoms with Crippen LogP contribution in [0, 0.1) is 0 Å². The van der Waals surface area contributed by atoms with Crippen molar-refractivity contribution in [3.8, 4) is 5.75 Å². The summed E-state index contributed by atoms with van der Waals surface area (Å²) in [5, 5.41) is 16.1. The summed E-state index contributed by atoms with van der Waals surface area (Å²) in [6, 6.07) is 8.06. The van der Waals surface area contributed by atoms with E-state index in [0.29, 0.717) is 12.1 Å². The van der Waals surface area contributed by atoms with E-state index in [0.717, 1.165) is 5.69 Å². The number of aromatic hydroxyl groups is 1. The van der Waals surface area contributed by atoms with Crippen LogP contribution in [-0.4, -0.2) is 20.8 Å². The van der Waals surface area contributed by atoms with Crippen LogP contribution in [-0.2, 0) is 13.6 Å². The maximum Gasteiger partial charge on any atom is 0.251 e. The lowest BCUT2D eigenvalue weighted by Gasteiger charge is -2.03. The van der Waals surface area contributed by atoms with Gasteiger partial charge < -0.3 is 10.4 Å². The summed E-state index contributed by atoms with van der Waals surface area (Å²) < 4.78 is 1.68. The average Bonchev–Trinajstić information content (AvgIpc) is 2.72. The van der Waals surface area contributed by atoms with Gasteiger partial charge in [-0.25, -0.2) is 0 Å². The van der Waals surface area contributed by atoms with Crippen molar-refractivity contribution in [3.63, 3.8) is 0 Å². The zero-order valence-corrected chi connectivity index (χ0v) is 9.42. The fourth-order valence-electron chi connectivity index (χ4n) is 1.48. The van der Waals surface area contributed by atoms with E-state index >= 15 is 0 Å². The Morgan fingerprint density at radius 3 is 2.94 bits per heavy atom. The van der Waals surface area contributed by atoms with Gasteiger partial charge in [0.05, 0.1) is 12.2 Å². The number of hydrogen-bond acceptors (Lipinski definition) is 3. The summed E-state index contributed by atoms with van der Waals surface area (Å²) in [5.41, 5.74) is 1.22. The quantitative estimate of drug-likeness (QED) is 0.829. The van der Waals surface area contributed by atoms with Crippen molar-refractivity contribution in [2.75, 3.05) is 0 Å². The highest BCUT2D eigenvalue weighted by Gasteiger charge is 2.06. The number of benzene rings is 1. The molecule has 1 amide bonds. The first-order chi connectivity index (χ1) is 8.15. The molecule has 0 fully saturated rings. The number of hydrogen-bond donors (Lipinski definition) is 2. The van der Waals surface area contributed by atoms with E-state index in [9.17, 15) is 9.90 Å². The molecule has 2 aromatic rings. The van der Waals surface area contributed by atoms with Gasteiger partial charge in [0.15, 0.2) is 0 Å². The second kappa shape index (κ2) is 4.69. The number of nitrogens with zero attached hydrogens (tertiary/aromatic N) is 2. The van der Waals surface area contributed by atoms with Crippen LogP contribution in [0.3, 0.4) is 0 Å². The summed E-state index contributed by atoms with van der Waals surface area (Å²) >= 11 is 0. The van der Waals surface area contributed by atoms with E-state index in [4.69, 9.17) is 0 Å². The summed E-state index contributed by atoms with van der Waals surface area (Å²) in [7, 11) is 1.82. The standard InChI is InChI=1S/C12H13N3O2/c1-15-6-5-10(14-15)8-13-12(17)9-3-2-4-11(16)7-9/h2-7,16H,8H2,1H3,(H,13,17). The van der Waals surface area contributed by atoms with Crippen LogP contribution >= 0.6 is 0 Å². The van der Waals surface area contributed by atoms with Gasteiger partial charge in [-0.15, -0.1) is 0 Å². The Morgan fingerprint density at radius 1 is 1.47 bits per heavy atom. The van der Waals surface area contributed by atoms with Gasteiger partial charge in [0.2, 0.25) is 0 Å². The molecule has 17 heavy (non-hydrogen) atoms. The Balaban J connectivity index is 1.98. The van der Waals surface area contributed by atoms with Crippen LogP contribution in [0.1, 0.15) is 16.1 Å². The van der Waals surface area contributed by atoms with Gasteiger partial charge >= 0.3 is 0 Å². The van der Waals surface area contributed by atoms with Gasteiger partial charge in [-0.05, 0) is 24.3 Å². The maximum atomic E-state index is 11.7. The van der Waals surface area contributed by atoms with E-state index in [1.165, 1.54) is 12.1 Å². The van der Waals surface area contributed by atoms with Gasteiger partial charge in [0.1, 0.15) is 5.75 Å². The molecule has 0 aliphatic rings. The highest BCUT2D eigenvalue weighted by molar-refractivity contribution is 5.94. The van der Waals surface area contributed by atoms with E-state index in [1.807, 2.05) is 19.3 Å². The van der Waals surface area contributed by atoms with Crippen molar-refractivity contribution in [2.45, 2.75) is 6.54 Å². The molecule has 0 aliphatic carbocycles. The Morgan fingerprint density at radius 2 is 2.29 bits per heavy atom. The molecule has 0 spiro atoms. The molecule has 2 N–H and O–H groups in total. The third-order valence-electron chi connectivity index (χ3n) is 2.31. The third-order valence-corrected chi connectivity index (χ3v) is 2.31. The summed E-state index contributed by atoms with van der Waals surface area (Å²) in [6.45, 7) is 0.370. The molecule has 0 atom stereocenters. The molecule has 5 heteroatoms. The molecule has 1 heterocycles. The summed E-state index contributed by atoms with van der Waals surface area (Å²) in [4.78, 5) is 11.7. The summed E-state index contributed by atoms with van der Waals surface area (Å²) in [5.74, 6) is -0.151. The number of phenols is 1. The van der Waals surface area contributed by atoms with Crippen LogP contribution in [0.15, 0.2) is 36.5 Å². The van der Waals surface area contributed by atoms with Crippen molar-refractivity contribution in [3.05, 3.63) is 47.8 Å². The molecule has 0 saturated carbocycles. The number of nitrogens with one attached hydrogen (secondary N) is 1. The van der Waals surface area contributed by atoms with Gasteiger partial charge in [0, 0.05) is 18.8 Å². The predicted molar refractivity (Wildman–Crippen MR) is 62.5 cm³/mol. The van der Waals surface area contributed by atoms with E-state index in [1.54, 1.807) is 16.8 Å². The molecule has 5 nitrogen and oxygen atoms in total. The Hall–Kier alpha value is -2.30. The molecule has 1 aromatic heterocycles. The number of rotatable bonds is 3. The van der Waals surface area contributed by atoms with Gasteiger partial charge in [-0.1, -0.05) is 6.07 Å². The minimum atomic E-state index is -0.230. The zero-order chi connectivity index (χ0) is 12.3. The Kier molecular flexibility index (Phi) is 3.09. The molecule has 1 aromatic carbocycles. The van der Waals surface area contributed by atoms with Crippen molar-refractivity contribution < 1.29 is 9.90 Å². The monoisotopic (exact) mass is 231 g/mol. The number of carbonyl (C=O) groups is 1. The fraction of sp³-hybridized carbons (Fsp3) is 0.167. The van der Waals surface area contributed by atoms with Crippen molar-refractivity contribution in [2.24, 2.45) is 7.05 Å². The molecule has 0 bridgehead atoms. The normalized spacial score (nSPS) is 10.2. The topological polar surface area (TPSA) is 67.2 Å². The van der Waals surface area contributed by atoms with Crippen LogP contribution in [0.5, 0.6) is 5.75 Å². The van der Waals surface area contributed by atoms with Gasteiger partial charge in [-0.2, -0.15) is 5.10 Å². The van der Waals surface area contributed by atoms with E-state index < -0.39 is 0 Å². The van der Waals surface area contributed by atoms with Gasteiger partial charge in [-0.3, -0.25) is 9.48 Å². The molecule has 2 rings (SSSR count). The lowest BCUT2D eigenvalue weighted by Crippen LogP contribution is -2.22. The zero-order valence-electron chi connectivity index (χ0n) is 9.42. The number of amides is 1. The SMILES string of the molecule is Cn1ccc(CNC(=O)c2cccc(O)c2)n1. The second-order valence-corrected chi connectivity index (χ2v) is 3.71. The molecule has 88 valence electrons. The van der Waals surface area contributed by atoms with E-state index in [2.05, 4.69) is 10.4 Å². The molecular weight excluding hydrogens is 218 g/mol. The van der Waals surface area contributed by atoms with Crippen molar-refractivity contribution in [1.29, 1.82) is 0 Å². The van der Waals surface area contributed by atoms with Crippen LogP contribution in [0.2, 0.25) is 0 Å². The molecule has 0 aliphatic heterocycles. The number of carbonyl (C=O) groups excluding carboxylic acids is 1. The number of phenolic OH excluding ortho intramolecular Hbond substituents is 1. The molecule has 0 unspecified atom stereocenters. The minimum Gasteiger partial charge on any atom is -0.508 e.